The Morgan fingerprint density at radius 1 is 1.09 bits per heavy atom. The third-order valence-electron chi connectivity index (χ3n) is 6.17. The van der Waals surface area contributed by atoms with Gasteiger partial charge in [0.25, 0.3) is 0 Å². The predicted octanol–water partition coefficient (Wildman–Crippen LogP) is 4.96. The van der Waals surface area contributed by atoms with Gasteiger partial charge in [0.1, 0.15) is 5.75 Å². The molecule has 0 radical (unpaired) electrons. The SMILES string of the molecule is COc1ccc(Cn2cnc3c(Nc4cccc(Cl)c4)nc(NC4CCC(N)CC4)nc32)cc1. The number of benzene rings is 2. The number of aromatic nitrogens is 4. The molecule has 1 aliphatic carbocycles. The van der Waals surface area contributed by atoms with Gasteiger partial charge in [-0.25, -0.2) is 4.98 Å². The summed E-state index contributed by atoms with van der Waals surface area (Å²) < 4.78 is 7.31. The number of halogens is 1. The van der Waals surface area contributed by atoms with Gasteiger partial charge in [-0.1, -0.05) is 29.8 Å². The minimum Gasteiger partial charge on any atom is -0.497 e. The third kappa shape index (κ3) is 5.08. The highest BCUT2D eigenvalue weighted by atomic mass is 35.5. The van der Waals surface area contributed by atoms with E-state index >= 15 is 0 Å². The molecule has 1 fully saturated rings. The van der Waals surface area contributed by atoms with Crippen LogP contribution in [-0.2, 0) is 6.54 Å². The van der Waals surface area contributed by atoms with Crippen molar-refractivity contribution in [2.45, 2.75) is 44.3 Å². The quantitative estimate of drug-likeness (QED) is 0.345. The molecule has 34 heavy (non-hydrogen) atoms. The maximum Gasteiger partial charge on any atom is 0.227 e. The van der Waals surface area contributed by atoms with E-state index in [1.807, 2.05) is 53.1 Å². The number of hydrogen-bond acceptors (Lipinski definition) is 7. The van der Waals surface area contributed by atoms with E-state index in [1.165, 1.54) is 0 Å². The molecule has 0 atom stereocenters. The van der Waals surface area contributed by atoms with Gasteiger partial charge in [0.05, 0.1) is 20.0 Å². The summed E-state index contributed by atoms with van der Waals surface area (Å²) in [6.45, 7) is 0.631. The van der Waals surface area contributed by atoms with E-state index in [0.717, 1.165) is 48.3 Å². The van der Waals surface area contributed by atoms with E-state index in [-0.39, 0.29) is 6.04 Å². The number of rotatable bonds is 7. The number of nitrogens with one attached hydrogen (secondary N) is 2. The Labute approximate surface area is 203 Å². The monoisotopic (exact) mass is 477 g/mol. The van der Waals surface area contributed by atoms with Gasteiger partial charge < -0.3 is 25.7 Å². The highest BCUT2D eigenvalue weighted by Gasteiger charge is 2.21. The van der Waals surface area contributed by atoms with Crippen molar-refractivity contribution >= 4 is 40.2 Å². The molecule has 2 heterocycles. The maximum atomic E-state index is 6.19. The molecule has 0 amide bonds. The van der Waals surface area contributed by atoms with Gasteiger partial charge in [-0.05, 0) is 61.6 Å². The van der Waals surface area contributed by atoms with Gasteiger partial charge in [0, 0.05) is 22.8 Å². The van der Waals surface area contributed by atoms with Gasteiger partial charge in [-0.2, -0.15) is 9.97 Å². The molecular formula is C25H28ClN7O. The zero-order valence-electron chi connectivity index (χ0n) is 19.0. The van der Waals surface area contributed by atoms with Gasteiger partial charge in [0.2, 0.25) is 5.95 Å². The smallest absolute Gasteiger partial charge is 0.227 e. The average molecular weight is 478 g/mol. The Balaban J connectivity index is 1.49. The van der Waals surface area contributed by atoms with Crippen LogP contribution in [0.4, 0.5) is 17.5 Å². The summed E-state index contributed by atoms with van der Waals surface area (Å²) in [5, 5.41) is 7.55. The van der Waals surface area contributed by atoms with E-state index < -0.39 is 0 Å². The second-order valence-electron chi connectivity index (χ2n) is 8.68. The lowest BCUT2D eigenvalue weighted by atomic mass is 9.92. The van der Waals surface area contributed by atoms with Crippen molar-refractivity contribution in [3.8, 4) is 5.75 Å². The normalized spacial score (nSPS) is 18.1. The van der Waals surface area contributed by atoms with E-state index in [4.69, 9.17) is 32.0 Å². The summed E-state index contributed by atoms with van der Waals surface area (Å²) in [6.07, 6.45) is 5.82. The van der Waals surface area contributed by atoms with Crippen molar-refractivity contribution in [2.24, 2.45) is 5.73 Å². The van der Waals surface area contributed by atoms with Crippen molar-refractivity contribution in [3.05, 3.63) is 65.4 Å². The first-order valence-electron chi connectivity index (χ1n) is 11.5. The maximum absolute atomic E-state index is 6.19. The summed E-state index contributed by atoms with van der Waals surface area (Å²) in [6, 6.07) is 16.1. The Bertz CT molecular complexity index is 1270. The van der Waals surface area contributed by atoms with E-state index in [0.29, 0.717) is 34.9 Å². The second kappa shape index (κ2) is 9.87. The van der Waals surface area contributed by atoms with Crippen molar-refractivity contribution < 1.29 is 4.74 Å². The molecule has 0 unspecified atom stereocenters. The molecule has 9 heteroatoms. The van der Waals surface area contributed by atoms with Gasteiger partial charge >= 0.3 is 0 Å². The lowest BCUT2D eigenvalue weighted by Crippen LogP contribution is -2.33. The topological polar surface area (TPSA) is 103 Å². The Hall–Kier alpha value is -3.36. The standard InChI is InChI=1S/C25H28ClN7O/c1-34-21-11-5-16(6-12-21)14-33-15-28-22-23(29-20-4-2-3-17(26)13-20)31-25(32-24(22)33)30-19-9-7-18(27)8-10-19/h2-6,11-13,15,18-19H,7-10,14,27H2,1H3,(H2,29,30,31,32). The summed E-state index contributed by atoms with van der Waals surface area (Å²) >= 11 is 6.19. The molecule has 2 aromatic carbocycles. The average Bonchev–Trinajstić information content (AvgIpc) is 3.24. The molecule has 0 aliphatic heterocycles. The van der Waals surface area contributed by atoms with Crippen LogP contribution in [0.2, 0.25) is 5.02 Å². The number of nitrogens with zero attached hydrogens (tertiary/aromatic N) is 4. The lowest BCUT2D eigenvalue weighted by molar-refractivity contribution is 0.410. The second-order valence-corrected chi connectivity index (χ2v) is 9.12. The number of nitrogens with two attached hydrogens (primary N) is 1. The van der Waals surface area contributed by atoms with Crippen LogP contribution >= 0.6 is 11.6 Å². The van der Waals surface area contributed by atoms with Crippen molar-refractivity contribution in [1.29, 1.82) is 0 Å². The lowest BCUT2D eigenvalue weighted by Gasteiger charge is -2.26. The molecule has 1 saturated carbocycles. The minimum absolute atomic E-state index is 0.285. The van der Waals surface area contributed by atoms with E-state index in [2.05, 4.69) is 15.6 Å². The molecule has 0 spiro atoms. The van der Waals surface area contributed by atoms with Crippen LogP contribution in [0.3, 0.4) is 0 Å². The van der Waals surface area contributed by atoms with Gasteiger partial charge in [0.15, 0.2) is 17.0 Å². The largest absolute Gasteiger partial charge is 0.497 e. The van der Waals surface area contributed by atoms with Crippen LogP contribution in [-0.4, -0.2) is 38.7 Å². The highest BCUT2D eigenvalue weighted by molar-refractivity contribution is 6.30. The van der Waals surface area contributed by atoms with Crippen molar-refractivity contribution in [2.75, 3.05) is 17.7 Å². The molecule has 4 N–H and O–H groups in total. The Morgan fingerprint density at radius 3 is 2.62 bits per heavy atom. The van der Waals surface area contributed by atoms with Gasteiger partial charge in [-0.15, -0.1) is 0 Å². The fourth-order valence-corrected chi connectivity index (χ4v) is 4.48. The molecule has 1 aliphatic rings. The first-order valence-corrected chi connectivity index (χ1v) is 11.9. The van der Waals surface area contributed by atoms with Crippen LogP contribution in [0.25, 0.3) is 11.2 Å². The van der Waals surface area contributed by atoms with Crippen LogP contribution < -0.4 is 21.1 Å². The number of hydrogen-bond donors (Lipinski definition) is 3. The predicted molar refractivity (Wildman–Crippen MR) is 136 cm³/mol. The first kappa shape index (κ1) is 22.4. The Kier molecular flexibility index (Phi) is 6.51. The molecule has 8 nitrogen and oxygen atoms in total. The molecule has 176 valence electrons. The minimum atomic E-state index is 0.285. The number of fused-ring (bicyclic) bond motifs is 1. The summed E-state index contributed by atoms with van der Waals surface area (Å²) in [4.78, 5) is 14.3. The summed E-state index contributed by atoms with van der Waals surface area (Å²) in [5.74, 6) is 2.04. The number of imidazole rings is 1. The fourth-order valence-electron chi connectivity index (χ4n) is 4.29. The highest BCUT2D eigenvalue weighted by Crippen LogP contribution is 2.28. The molecular weight excluding hydrogens is 450 g/mol. The molecule has 4 aromatic rings. The van der Waals surface area contributed by atoms with E-state index in [1.54, 1.807) is 13.4 Å². The van der Waals surface area contributed by atoms with Crippen molar-refractivity contribution in [1.82, 2.24) is 19.5 Å². The third-order valence-corrected chi connectivity index (χ3v) is 6.40. The summed E-state index contributed by atoms with van der Waals surface area (Å²) in [5.41, 5.74) is 9.50. The zero-order valence-corrected chi connectivity index (χ0v) is 19.8. The van der Waals surface area contributed by atoms with Crippen LogP contribution in [0.5, 0.6) is 5.75 Å². The molecule has 2 aromatic heterocycles. The fraction of sp³-hybridized carbons (Fsp3) is 0.320. The molecule has 0 saturated heterocycles. The van der Waals surface area contributed by atoms with Crippen LogP contribution in [0.15, 0.2) is 54.9 Å². The number of methoxy groups -OCH3 is 1. The van der Waals surface area contributed by atoms with Gasteiger partial charge in [-0.3, -0.25) is 0 Å². The Morgan fingerprint density at radius 2 is 1.88 bits per heavy atom. The number of anilines is 3. The molecule has 5 rings (SSSR count). The van der Waals surface area contributed by atoms with Crippen LogP contribution in [0.1, 0.15) is 31.2 Å². The summed E-state index contributed by atoms with van der Waals surface area (Å²) in [7, 11) is 1.66. The van der Waals surface area contributed by atoms with Crippen molar-refractivity contribution in [3.63, 3.8) is 0 Å². The number of ether oxygens (including phenoxy) is 1. The first-order chi connectivity index (χ1) is 16.6. The van der Waals surface area contributed by atoms with E-state index in [9.17, 15) is 0 Å². The molecule has 0 bridgehead atoms. The zero-order chi connectivity index (χ0) is 23.5. The van der Waals surface area contributed by atoms with Crippen LogP contribution in [0, 0.1) is 0 Å².